The van der Waals surface area contributed by atoms with Crippen LogP contribution in [0, 0.1) is 0 Å². The predicted octanol–water partition coefficient (Wildman–Crippen LogP) is 3.58. The van der Waals surface area contributed by atoms with Gasteiger partial charge in [0.15, 0.2) is 0 Å². The summed E-state index contributed by atoms with van der Waals surface area (Å²) in [4.78, 5) is 15.4. The van der Waals surface area contributed by atoms with Gasteiger partial charge in [-0.25, -0.2) is 13.4 Å². The number of anilines is 4. The molecule has 3 N–H and O–H groups in total. The Morgan fingerprint density at radius 3 is 2.30 bits per heavy atom. The van der Waals surface area contributed by atoms with E-state index in [4.69, 9.17) is 0 Å². The highest BCUT2D eigenvalue weighted by Gasteiger charge is 2.13. The lowest BCUT2D eigenvalue weighted by Crippen LogP contribution is -2.13. The van der Waals surface area contributed by atoms with Crippen LogP contribution in [-0.2, 0) is 14.8 Å². The molecule has 0 saturated heterocycles. The molecule has 0 atom stereocenters. The average Bonchev–Trinajstić information content (AvgIpc) is 2.64. The maximum absolute atomic E-state index is 12.3. The van der Waals surface area contributed by atoms with Gasteiger partial charge < -0.3 is 10.6 Å². The van der Waals surface area contributed by atoms with E-state index in [1.165, 1.54) is 25.3 Å². The van der Waals surface area contributed by atoms with E-state index in [9.17, 15) is 13.2 Å². The SMILES string of the molecule is CC(=O)Nc1cccc(Nc2ccc(NS(=O)(=O)c3ccccc3)nc2)c1. The molecule has 27 heavy (non-hydrogen) atoms. The molecule has 0 radical (unpaired) electrons. The van der Waals surface area contributed by atoms with Crippen molar-refractivity contribution in [2.45, 2.75) is 11.8 Å². The number of nitrogens with one attached hydrogen (secondary N) is 3. The first-order chi connectivity index (χ1) is 12.9. The molecule has 2 aromatic carbocycles. The summed E-state index contributed by atoms with van der Waals surface area (Å²) in [7, 11) is -3.68. The molecule has 8 heteroatoms. The zero-order chi connectivity index (χ0) is 19.3. The van der Waals surface area contributed by atoms with E-state index >= 15 is 0 Å². The highest BCUT2D eigenvalue weighted by Crippen LogP contribution is 2.21. The van der Waals surface area contributed by atoms with Crippen LogP contribution in [0.15, 0.2) is 77.8 Å². The molecule has 0 aliphatic heterocycles. The van der Waals surface area contributed by atoms with E-state index in [1.807, 2.05) is 12.1 Å². The fourth-order valence-corrected chi connectivity index (χ4v) is 3.40. The number of hydrogen-bond acceptors (Lipinski definition) is 5. The number of carbonyl (C=O) groups excluding carboxylic acids is 1. The fourth-order valence-electron chi connectivity index (χ4n) is 2.37. The zero-order valence-corrected chi connectivity index (χ0v) is 15.3. The first-order valence-electron chi connectivity index (χ1n) is 8.11. The molecule has 1 heterocycles. The highest BCUT2D eigenvalue weighted by molar-refractivity contribution is 7.92. The Kier molecular flexibility index (Phi) is 5.37. The van der Waals surface area contributed by atoms with E-state index in [0.717, 1.165) is 5.69 Å². The standard InChI is InChI=1S/C19H18N4O3S/c1-14(24)21-15-6-5-7-16(12-15)22-17-10-11-19(20-13-17)23-27(25,26)18-8-3-2-4-9-18/h2-13,22H,1H3,(H,20,23)(H,21,24). The van der Waals surface area contributed by atoms with Crippen molar-refractivity contribution in [2.75, 3.05) is 15.4 Å². The smallest absolute Gasteiger partial charge is 0.263 e. The largest absolute Gasteiger partial charge is 0.354 e. The summed E-state index contributed by atoms with van der Waals surface area (Å²) in [6, 6.07) is 18.6. The van der Waals surface area contributed by atoms with E-state index in [2.05, 4.69) is 20.3 Å². The van der Waals surface area contributed by atoms with E-state index in [1.54, 1.807) is 42.5 Å². The lowest BCUT2D eigenvalue weighted by atomic mass is 10.2. The van der Waals surface area contributed by atoms with Crippen LogP contribution in [0.4, 0.5) is 22.9 Å². The minimum absolute atomic E-state index is 0.149. The third kappa shape index (κ3) is 5.05. The van der Waals surface area contributed by atoms with Crippen LogP contribution < -0.4 is 15.4 Å². The number of rotatable bonds is 6. The lowest BCUT2D eigenvalue weighted by molar-refractivity contribution is -0.114. The number of pyridine rings is 1. The maximum Gasteiger partial charge on any atom is 0.263 e. The van der Waals surface area contributed by atoms with Gasteiger partial charge in [0.05, 0.1) is 16.8 Å². The summed E-state index contributed by atoms with van der Waals surface area (Å²) < 4.78 is 27.0. The second kappa shape index (κ2) is 7.88. The molecule has 0 fully saturated rings. The summed E-state index contributed by atoms with van der Waals surface area (Å²) in [6.45, 7) is 1.44. The van der Waals surface area contributed by atoms with Gasteiger partial charge in [-0.15, -0.1) is 0 Å². The van der Waals surface area contributed by atoms with Gasteiger partial charge in [0.1, 0.15) is 5.82 Å². The first-order valence-corrected chi connectivity index (χ1v) is 9.59. The van der Waals surface area contributed by atoms with Crippen molar-refractivity contribution >= 4 is 38.8 Å². The normalized spacial score (nSPS) is 10.9. The third-order valence-corrected chi connectivity index (χ3v) is 4.90. The van der Waals surface area contributed by atoms with Crippen molar-refractivity contribution in [3.05, 3.63) is 72.9 Å². The first kappa shape index (κ1) is 18.4. The molecule has 0 bridgehead atoms. The molecule has 1 aromatic heterocycles. The molecule has 7 nitrogen and oxygen atoms in total. The number of amides is 1. The van der Waals surface area contributed by atoms with Gasteiger partial charge in [-0.1, -0.05) is 24.3 Å². The van der Waals surface area contributed by atoms with Crippen LogP contribution in [-0.4, -0.2) is 19.3 Å². The summed E-state index contributed by atoms with van der Waals surface area (Å²) in [6.07, 6.45) is 1.52. The Morgan fingerprint density at radius 2 is 1.63 bits per heavy atom. The van der Waals surface area contributed by atoms with Gasteiger partial charge in [-0.05, 0) is 42.5 Å². The lowest BCUT2D eigenvalue weighted by Gasteiger charge is -2.10. The molecule has 0 saturated carbocycles. The molecule has 3 rings (SSSR count). The van der Waals surface area contributed by atoms with Crippen molar-refractivity contribution in [3.63, 3.8) is 0 Å². The van der Waals surface area contributed by atoms with Crippen molar-refractivity contribution in [2.24, 2.45) is 0 Å². The Morgan fingerprint density at radius 1 is 0.889 bits per heavy atom. The molecule has 0 unspecified atom stereocenters. The summed E-state index contributed by atoms with van der Waals surface area (Å²) in [5.74, 6) is 0.0697. The number of carbonyl (C=O) groups is 1. The topological polar surface area (TPSA) is 100 Å². The van der Waals surface area contributed by atoms with Crippen LogP contribution in [0.5, 0.6) is 0 Å². The number of nitrogens with zero attached hydrogens (tertiary/aromatic N) is 1. The molecule has 0 aliphatic rings. The number of benzene rings is 2. The minimum atomic E-state index is -3.68. The Balaban J connectivity index is 1.70. The van der Waals surface area contributed by atoms with Crippen molar-refractivity contribution < 1.29 is 13.2 Å². The van der Waals surface area contributed by atoms with Gasteiger partial charge in [0, 0.05) is 18.3 Å². The quantitative estimate of drug-likeness (QED) is 0.605. The molecule has 138 valence electrons. The minimum Gasteiger partial charge on any atom is -0.354 e. The molecular weight excluding hydrogens is 364 g/mol. The zero-order valence-electron chi connectivity index (χ0n) is 14.5. The van der Waals surface area contributed by atoms with Gasteiger partial charge in [-0.3, -0.25) is 9.52 Å². The van der Waals surface area contributed by atoms with Crippen LogP contribution in [0.25, 0.3) is 0 Å². The number of aromatic nitrogens is 1. The summed E-state index contributed by atoms with van der Waals surface area (Å²) >= 11 is 0. The molecule has 1 amide bonds. The third-order valence-electron chi connectivity index (χ3n) is 3.53. The average molecular weight is 382 g/mol. The highest BCUT2D eigenvalue weighted by atomic mass is 32.2. The summed E-state index contributed by atoms with van der Waals surface area (Å²) in [5.41, 5.74) is 2.12. The molecule has 3 aromatic rings. The number of sulfonamides is 1. The van der Waals surface area contributed by atoms with Crippen LogP contribution in [0.3, 0.4) is 0 Å². The van der Waals surface area contributed by atoms with Crippen LogP contribution in [0.2, 0.25) is 0 Å². The van der Waals surface area contributed by atoms with Crippen molar-refractivity contribution in [1.82, 2.24) is 4.98 Å². The fraction of sp³-hybridized carbons (Fsp3) is 0.0526. The second-order valence-electron chi connectivity index (χ2n) is 5.74. The van der Waals surface area contributed by atoms with E-state index < -0.39 is 10.0 Å². The van der Waals surface area contributed by atoms with Gasteiger partial charge >= 0.3 is 0 Å². The van der Waals surface area contributed by atoms with Crippen molar-refractivity contribution in [3.8, 4) is 0 Å². The Bertz CT molecular complexity index is 1040. The Hall–Kier alpha value is -3.39. The second-order valence-corrected chi connectivity index (χ2v) is 7.42. The predicted molar refractivity (Wildman–Crippen MR) is 106 cm³/mol. The molecule has 0 aliphatic carbocycles. The maximum atomic E-state index is 12.3. The van der Waals surface area contributed by atoms with Crippen LogP contribution in [0.1, 0.15) is 6.92 Å². The van der Waals surface area contributed by atoms with Crippen molar-refractivity contribution in [1.29, 1.82) is 0 Å². The van der Waals surface area contributed by atoms with E-state index in [-0.39, 0.29) is 16.6 Å². The monoisotopic (exact) mass is 382 g/mol. The van der Waals surface area contributed by atoms with Crippen LogP contribution >= 0.6 is 0 Å². The van der Waals surface area contributed by atoms with Gasteiger partial charge in [0.25, 0.3) is 10.0 Å². The number of hydrogen-bond donors (Lipinski definition) is 3. The van der Waals surface area contributed by atoms with Gasteiger partial charge in [0.2, 0.25) is 5.91 Å². The molecule has 0 spiro atoms. The molecular formula is C19H18N4O3S. The van der Waals surface area contributed by atoms with E-state index in [0.29, 0.717) is 11.4 Å². The Labute approximate surface area is 157 Å². The summed E-state index contributed by atoms with van der Waals surface area (Å²) in [5, 5.41) is 5.86. The van der Waals surface area contributed by atoms with Gasteiger partial charge in [-0.2, -0.15) is 0 Å².